The van der Waals surface area contributed by atoms with Gasteiger partial charge in [0.2, 0.25) is 0 Å². The van der Waals surface area contributed by atoms with Crippen LogP contribution in [-0.2, 0) is 9.59 Å². The van der Waals surface area contributed by atoms with Gasteiger partial charge < -0.3 is 0 Å². The van der Waals surface area contributed by atoms with E-state index < -0.39 is 25.3 Å². The number of ketones is 2. The Bertz CT molecular complexity index is 625. The third-order valence-corrected chi connectivity index (χ3v) is 10.9. The number of rotatable bonds is 2. The smallest absolute Gasteiger partial charge is 0.156 e. The zero-order valence-corrected chi connectivity index (χ0v) is 19.1. The number of carbonyl (C=O) groups excluding carboxylic acids is 2. The molecule has 0 spiro atoms. The second-order valence-electron chi connectivity index (χ2n) is 7.28. The first kappa shape index (κ1) is 19.9. The molecular formula is C16H16Br2Cl4O2. The van der Waals surface area contributed by atoms with Crippen LogP contribution in [0.5, 0.6) is 0 Å². The van der Waals surface area contributed by atoms with E-state index in [0.29, 0.717) is 0 Å². The van der Waals surface area contributed by atoms with Crippen LogP contribution in [0.4, 0.5) is 0 Å². The lowest BCUT2D eigenvalue weighted by atomic mass is 9.43. The van der Waals surface area contributed by atoms with E-state index >= 15 is 0 Å². The Morgan fingerprint density at radius 1 is 0.958 bits per heavy atom. The van der Waals surface area contributed by atoms with Gasteiger partial charge in [0.25, 0.3) is 0 Å². The van der Waals surface area contributed by atoms with Gasteiger partial charge in [0.1, 0.15) is 15.5 Å². The van der Waals surface area contributed by atoms with Crippen molar-refractivity contribution < 1.29 is 9.59 Å². The zero-order chi connectivity index (χ0) is 18.2. The van der Waals surface area contributed by atoms with Crippen molar-refractivity contribution in [3.8, 4) is 0 Å². The molecule has 4 aliphatic rings. The molecule has 24 heavy (non-hydrogen) atoms. The zero-order valence-electron chi connectivity index (χ0n) is 12.9. The van der Waals surface area contributed by atoms with Crippen molar-refractivity contribution in [2.75, 3.05) is 0 Å². The molecule has 8 atom stereocenters. The SMILES string of the molecule is CC1(C(Cl)Cl)C(=O)C2C=CC1C1C2C(Br)C(Br)C(=O)C1(C)C(Cl)Cl. The molecule has 4 aliphatic carbocycles. The lowest BCUT2D eigenvalue weighted by Gasteiger charge is -2.62. The van der Waals surface area contributed by atoms with Gasteiger partial charge >= 0.3 is 0 Å². The van der Waals surface area contributed by atoms with Crippen LogP contribution in [-0.4, -0.2) is 30.9 Å². The summed E-state index contributed by atoms with van der Waals surface area (Å²) in [5.41, 5.74) is -1.95. The molecule has 0 amide bonds. The van der Waals surface area contributed by atoms with Crippen molar-refractivity contribution in [2.45, 2.75) is 33.2 Å². The number of Topliss-reactive ketones (excluding diaryl/α,β-unsaturated/α-hetero) is 2. The number of alkyl halides is 6. The number of fused-ring (bicyclic) bond motifs is 1. The molecule has 2 nitrogen and oxygen atoms in total. The molecule has 8 heteroatoms. The van der Waals surface area contributed by atoms with E-state index in [1.54, 1.807) is 13.8 Å². The minimum absolute atomic E-state index is 0.0211. The summed E-state index contributed by atoms with van der Waals surface area (Å²) in [5.74, 6) is -1.02. The normalized spacial score (nSPS) is 50.8. The maximum atomic E-state index is 13.1. The first-order chi connectivity index (χ1) is 11.0. The van der Waals surface area contributed by atoms with Crippen LogP contribution in [0, 0.1) is 34.5 Å². The number of halogens is 6. The molecule has 2 saturated carbocycles. The molecule has 4 rings (SSSR count). The summed E-state index contributed by atoms with van der Waals surface area (Å²) in [5, 5.41) is 0. The molecule has 0 N–H and O–H groups in total. The van der Waals surface area contributed by atoms with Gasteiger partial charge in [-0.1, -0.05) is 44.0 Å². The Morgan fingerprint density at radius 3 is 2.00 bits per heavy atom. The van der Waals surface area contributed by atoms with Crippen molar-refractivity contribution in [3.63, 3.8) is 0 Å². The largest absolute Gasteiger partial charge is 0.298 e. The Balaban J connectivity index is 2.22. The fourth-order valence-electron chi connectivity index (χ4n) is 4.78. The number of carbonyl (C=O) groups is 2. The fraction of sp³-hybridized carbons (Fsp3) is 0.750. The van der Waals surface area contributed by atoms with Crippen LogP contribution in [0.3, 0.4) is 0 Å². The predicted octanol–water partition coefficient (Wildman–Crippen LogP) is 5.33. The first-order valence-corrected chi connectivity index (χ1v) is 11.2. The molecule has 0 aromatic heterocycles. The third kappa shape index (κ3) is 2.32. The predicted molar refractivity (Wildman–Crippen MR) is 106 cm³/mol. The Morgan fingerprint density at radius 2 is 1.50 bits per heavy atom. The standard InChI is InChI=1S/C16H16Br2Cl4O2/c1-15(13(19)20)6-4-3-5(11(15)23)7-8(6)16(2,14(21)22)12(24)10(18)9(7)17/h3-10,13-14H,1-2H3. The van der Waals surface area contributed by atoms with Crippen LogP contribution < -0.4 is 0 Å². The van der Waals surface area contributed by atoms with Gasteiger partial charge in [-0.3, -0.25) is 9.59 Å². The highest BCUT2D eigenvalue weighted by Crippen LogP contribution is 2.66. The lowest BCUT2D eigenvalue weighted by molar-refractivity contribution is -0.159. The third-order valence-electron chi connectivity index (χ3n) is 6.30. The van der Waals surface area contributed by atoms with Crippen molar-refractivity contribution in [1.82, 2.24) is 0 Å². The van der Waals surface area contributed by atoms with Gasteiger partial charge in [-0.15, -0.1) is 46.4 Å². The van der Waals surface area contributed by atoms with Gasteiger partial charge in [0.15, 0.2) is 5.78 Å². The number of allylic oxidation sites excluding steroid dienone is 2. The maximum absolute atomic E-state index is 13.1. The van der Waals surface area contributed by atoms with Gasteiger partial charge in [-0.05, 0) is 31.6 Å². The van der Waals surface area contributed by atoms with E-state index in [4.69, 9.17) is 46.4 Å². The number of hydrogen-bond donors (Lipinski definition) is 0. The van der Waals surface area contributed by atoms with E-state index in [1.807, 2.05) is 12.2 Å². The van der Waals surface area contributed by atoms with Gasteiger partial charge in [-0.2, -0.15) is 0 Å². The maximum Gasteiger partial charge on any atom is 0.156 e. The van der Waals surface area contributed by atoms with E-state index in [1.165, 1.54) is 0 Å². The van der Waals surface area contributed by atoms with Crippen molar-refractivity contribution in [2.24, 2.45) is 34.5 Å². The molecule has 134 valence electrons. The second-order valence-corrected chi connectivity index (χ2v) is 11.5. The average Bonchev–Trinajstić information content (AvgIpc) is 2.53. The second kappa shape index (κ2) is 6.38. The summed E-state index contributed by atoms with van der Waals surface area (Å²) in [6.07, 6.45) is 3.90. The van der Waals surface area contributed by atoms with Crippen LogP contribution in [0.1, 0.15) is 13.8 Å². The summed E-state index contributed by atoms with van der Waals surface area (Å²) in [7, 11) is 0. The van der Waals surface area contributed by atoms with Crippen LogP contribution in [0.25, 0.3) is 0 Å². The van der Waals surface area contributed by atoms with Crippen molar-refractivity contribution in [1.29, 1.82) is 0 Å². The molecule has 8 unspecified atom stereocenters. The minimum Gasteiger partial charge on any atom is -0.298 e. The molecule has 2 bridgehead atoms. The Labute approximate surface area is 178 Å². The van der Waals surface area contributed by atoms with Gasteiger partial charge in [-0.25, -0.2) is 0 Å². The monoisotopic (exact) mass is 538 g/mol. The van der Waals surface area contributed by atoms with Crippen LogP contribution >= 0.6 is 78.3 Å². The van der Waals surface area contributed by atoms with E-state index in [9.17, 15) is 9.59 Å². The Hall–Kier alpha value is 1.20. The van der Waals surface area contributed by atoms with E-state index in [0.717, 1.165) is 0 Å². The molecule has 0 aromatic rings. The highest BCUT2D eigenvalue weighted by atomic mass is 79.9. The topological polar surface area (TPSA) is 34.1 Å². The summed E-state index contributed by atoms with van der Waals surface area (Å²) in [6, 6.07) is 0. The summed E-state index contributed by atoms with van der Waals surface area (Å²) in [6.45, 7) is 3.57. The van der Waals surface area contributed by atoms with Crippen molar-refractivity contribution in [3.05, 3.63) is 12.2 Å². The first-order valence-electron chi connectivity index (χ1n) is 7.62. The van der Waals surface area contributed by atoms with Crippen LogP contribution in [0.2, 0.25) is 0 Å². The molecule has 0 aromatic carbocycles. The molecule has 0 heterocycles. The highest BCUT2D eigenvalue weighted by molar-refractivity contribution is 9.12. The van der Waals surface area contributed by atoms with Gasteiger partial charge in [0.05, 0.1) is 15.7 Å². The average molecular weight is 542 g/mol. The molecule has 2 fully saturated rings. The van der Waals surface area contributed by atoms with Crippen LogP contribution in [0.15, 0.2) is 12.2 Å². The van der Waals surface area contributed by atoms with Crippen molar-refractivity contribution >= 4 is 89.8 Å². The molecule has 0 aliphatic heterocycles. The molecular weight excluding hydrogens is 526 g/mol. The summed E-state index contributed by atoms with van der Waals surface area (Å²) < 4.78 is 0. The molecule has 0 radical (unpaired) electrons. The molecule has 0 saturated heterocycles. The van der Waals surface area contributed by atoms with E-state index in [2.05, 4.69) is 31.9 Å². The quantitative estimate of drug-likeness (QED) is 0.350. The fourth-order valence-corrected chi connectivity index (χ4v) is 7.54. The summed E-state index contributed by atoms with van der Waals surface area (Å²) in [4.78, 5) is 23.8. The Kier molecular flexibility index (Phi) is 5.30. The highest BCUT2D eigenvalue weighted by Gasteiger charge is 2.70. The number of hydrogen-bond acceptors (Lipinski definition) is 2. The van der Waals surface area contributed by atoms with E-state index in [-0.39, 0.29) is 40.1 Å². The lowest BCUT2D eigenvalue weighted by Crippen LogP contribution is -2.69. The summed E-state index contributed by atoms with van der Waals surface area (Å²) >= 11 is 32.2. The minimum atomic E-state index is -0.996. The van der Waals surface area contributed by atoms with Gasteiger partial charge in [0, 0.05) is 10.7 Å².